The van der Waals surface area contributed by atoms with Gasteiger partial charge in [-0.3, -0.25) is 9.56 Å². The minimum Gasteiger partial charge on any atom is -0.396 e. The Morgan fingerprint density at radius 1 is 0.962 bits per heavy atom. The zero-order valence-electron chi connectivity index (χ0n) is 31.6. The molecule has 2 atom stereocenters. The van der Waals surface area contributed by atoms with Crippen molar-refractivity contribution in [2.45, 2.75) is 110 Å². The first-order valence-corrected chi connectivity index (χ1v) is 17.8. The number of aryl methyl sites for hydroxylation is 1. The number of alkyl halides is 3. The van der Waals surface area contributed by atoms with Crippen LogP contribution in [0.5, 0.6) is 0 Å². The van der Waals surface area contributed by atoms with Gasteiger partial charge in [-0.05, 0) is 98.0 Å². The average Bonchev–Trinajstić information content (AvgIpc) is 3.47. The van der Waals surface area contributed by atoms with Crippen LogP contribution < -0.4 is 28.2 Å². The van der Waals surface area contributed by atoms with E-state index < -0.39 is 11.7 Å². The lowest BCUT2D eigenvalue weighted by atomic mass is 9.84. The molecule has 0 radical (unpaired) electrons. The smallest absolute Gasteiger partial charge is 0.396 e. The fourth-order valence-corrected chi connectivity index (χ4v) is 5.59. The maximum atomic E-state index is 13.0. The third kappa shape index (κ3) is 12.8. The van der Waals surface area contributed by atoms with Crippen LogP contribution in [-0.4, -0.2) is 51.3 Å². The van der Waals surface area contributed by atoms with Gasteiger partial charge in [-0.15, -0.1) is 0 Å². The summed E-state index contributed by atoms with van der Waals surface area (Å²) in [5, 5.41) is 13.8. The van der Waals surface area contributed by atoms with E-state index in [1.54, 1.807) is 4.57 Å². The van der Waals surface area contributed by atoms with Crippen molar-refractivity contribution in [2.75, 3.05) is 19.7 Å². The van der Waals surface area contributed by atoms with E-state index in [1.165, 1.54) is 12.1 Å². The molecule has 2 heterocycles. The first-order chi connectivity index (χ1) is 24.2. The summed E-state index contributed by atoms with van der Waals surface area (Å²) in [6.07, 6.45) is 1.15. The SMILES string of the molecule is CC(C)(C)c1cc2cn(-c3ccc([C@@H](CCO)NCCCN=C(N)N)cc3)c(=O)nc2[nH]1.C[C@H](N)CCCc1cc(C(C)(C)C)cc(C(F)(F)F)c1. The molecule has 0 unspecified atom stereocenters. The van der Waals surface area contributed by atoms with E-state index in [0.717, 1.165) is 52.7 Å². The summed E-state index contributed by atoms with van der Waals surface area (Å²) in [5.41, 5.74) is 20.0. The van der Waals surface area contributed by atoms with Crippen LogP contribution in [0.4, 0.5) is 13.2 Å². The Labute approximate surface area is 305 Å². The molecule has 0 aliphatic heterocycles. The van der Waals surface area contributed by atoms with Crippen molar-refractivity contribution in [1.82, 2.24) is 19.9 Å². The minimum absolute atomic E-state index is 0.00963. The van der Waals surface area contributed by atoms with Gasteiger partial charge >= 0.3 is 11.9 Å². The normalized spacial score (nSPS) is 13.4. The third-order valence-corrected chi connectivity index (χ3v) is 8.64. The molecule has 0 saturated heterocycles. The lowest BCUT2D eigenvalue weighted by Crippen LogP contribution is -2.26. The molecule has 0 saturated carbocycles. The minimum atomic E-state index is -4.29. The van der Waals surface area contributed by atoms with Gasteiger partial charge in [-0.2, -0.15) is 18.2 Å². The second kappa shape index (κ2) is 18.0. The molecule has 0 bridgehead atoms. The van der Waals surface area contributed by atoms with Crippen molar-refractivity contribution in [2.24, 2.45) is 22.2 Å². The highest BCUT2D eigenvalue weighted by Crippen LogP contribution is 2.34. The molecular weight excluding hydrogens is 669 g/mol. The van der Waals surface area contributed by atoms with Gasteiger partial charge in [0.25, 0.3) is 0 Å². The number of guanidine groups is 1. The Morgan fingerprint density at radius 2 is 1.62 bits per heavy atom. The predicted octanol–water partition coefficient (Wildman–Crippen LogP) is 6.36. The number of aromatic nitrogens is 3. The van der Waals surface area contributed by atoms with E-state index in [0.29, 0.717) is 31.6 Å². The van der Waals surface area contributed by atoms with E-state index >= 15 is 0 Å². The van der Waals surface area contributed by atoms with Crippen LogP contribution in [0.25, 0.3) is 16.7 Å². The molecule has 0 fully saturated rings. The van der Waals surface area contributed by atoms with Crippen LogP contribution >= 0.6 is 0 Å². The number of nitrogens with one attached hydrogen (secondary N) is 2. The Balaban J connectivity index is 0.000000314. The van der Waals surface area contributed by atoms with Crippen LogP contribution in [0.15, 0.2) is 64.5 Å². The summed E-state index contributed by atoms with van der Waals surface area (Å²) in [5.74, 6) is 0.0877. The fraction of sp³-hybridized carbons (Fsp3) is 0.513. The number of nitrogens with zero attached hydrogens (tertiary/aromatic N) is 3. The van der Waals surface area contributed by atoms with Crippen molar-refractivity contribution in [3.8, 4) is 5.69 Å². The molecule has 0 aliphatic carbocycles. The van der Waals surface area contributed by atoms with Gasteiger partial charge in [0, 0.05) is 47.9 Å². The molecule has 9 N–H and O–H groups in total. The second-order valence-electron chi connectivity index (χ2n) is 15.4. The lowest BCUT2D eigenvalue weighted by molar-refractivity contribution is -0.137. The molecule has 0 spiro atoms. The van der Waals surface area contributed by atoms with E-state index in [1.807, 2.05) is 70.3 Å². The molecule has 4 aromatic rings. The zero-order chi connectivity index (χ0) is 38.9. The first-order valence-electron chi connectivity index (χ1n) is 17.8. The van der Waals surface area contributed by atoms with Crippen LogP contribution in [0.1, 0.15) is 108 Å². The highest BCUT2D eigenvalue weighted by molar-refractivity contribution is 5.76. The maximum Gasteiger partial charge on any atom is 0.416 e. The molecule has 2 aromatic carbocycles. The monoisotopic (exact) mass is 726 g/mol. The number of aromatic amines is 1. The van der Waals surface area contributed by atoms with E-state index in [9.17, 15) is 23.1 Å². The zero-order valence-corrected chi connectivity index (χ0v) is 31.6. The highest BCUT2D eigenvalue weighted by Gasteiger charge is 2.32. The molecule has 10 nitrogen and oxygen atoms in total. The van der Waals surface area contributed by atoms with Gasteiger partial charge in [0.15, 0.2) is 5.96 Å². The highest BCUT2D eigenvalue weighted by atomic mass is 19.4. The molecular formula is C39H57F3N8O2. The molecule has 0 aliphatic rings. The number of aliphatic hydroxyl groups excluding tert-OH is 1. The molecule has 286 valence electrons. The number of aliphatic hydroxyl groups is 1. The van der Waals surface area contributed by atoms with E-state index in [4.69, 9.17) is 17.2 Å². The Kier molecular flexibility index (Phi) is 14.6. The summed E-state index contributed by atoms with van der Waals surface area (Å²) in [4.78, 5) is 24.1. The molecule has 4 rings (SSSR count). The summed E-state index contributed by atoms with van der Waals surface area (Å²) in [7, 11) is 0. The summed E-state index contributed by atoms with van der Waals surface area (Å²) in [6, 6.07) is 14.2. The van der Waals surface area contributed by atoms with Crippen molar-refractivity contribution < 1.29 is 18.3 Å². The van der Waals surface area contributed by atoms with E-state index in [-0.39, 0.29) is 41.2 Å². The standard InChI is InChI=1S/C23H33N7O2.C16H24F3N/c1-23(2,3)19-13-16-14-30(22(32)29-20(16)28-19)17-7-5-15(6-8-17)18(9-12-31)26-10-4-11-27-21(24)25;1-11(20)6-5-7-12-8-13(15(2,3)4)10-14(9-12)16(17,18)19/h5-8,13-14,18,26,31H,4,9-12H2,1-3H3,(H4,24,25,27)(H,28,29,32);8-11H,5-7,20H2,1-4H3/t18-;11-/m10/s1. The van der Waals surface area contributed by atoms with Gasteiger partial charge < -0.3 is 32.6 Å². The summed E-state index contributed by atoms with van der Waals surface area (Å²) < 4.78 is 40.5. The van der Waals surface area contributed by atoms with Crippen LogP contribution in [0, 0.1) is 0 Å². The number of nitrogens with two attached hydrogens (primary N) is 3. The lowest BCUT2D eigenvalue weighted by Gasteiger charge is -2.22. The van der Waals surface area contributed by atoms with Crippen molar-refractivity contribution in [3.63, 3.8) is 0 Å². The Morgan fingerprint density at radius 3 is 2.17 bits per heavy atom. The van der Waals surface area contributed by atoms with E-state index in [2.05, 4.69) is 41.0 Å². The largest absolute Gasteiger partial charge is 0.416 e. The van der Waals surface area contributed by atoms with Crippen molar-refractivity contribution in [1.29, 1.82) is 0 Å². The number of rotatable bonds is 13. The van der Waals surface area contributed by atoms with Crippen LogP contribution in [-0.2, 0) is 23.4 Å². The number of aliphatic imine (C=N–C) groups is 1. The van der Waals surface area contributed by atoms with Gasteiger partial charge in [0.2, 0.25) is 0 Å². The molecule has 13 heteroatoms. The number of H-pyrrole nitrogens is 1. The number of benzene rings is 2. The van der Waals surface area contributed by atoms with Crippen molar-refractivity contribution in [3.05, 3.63) is 93.2 Å². The predicted molar refractivity (Wildman–Crippen MR) is 205 cm³/mol. The summed E-state index contributed by atoms with van der Waals surface area (Å²) >= 11 is 0. The van der Waals surface area contributed by atoms with Gasteiger partial charge in [0.1, 0.15) is 5.65 Å². The Bertz CT molecular complexity index is 1780. The van der Waals surface area contributed by atoms with Crippen molar-refractivity contribution >= 4 is 17.0 Å². The number of hydrogen-bond acceptors (Lipinski definition) is 6. The second-order valence-corrected chi connectivity index (χ2v) is 15.4. The molecule has 0 amide bonds. The quantitative estimate of drug-likeness (QED) is 0.0528. The average molecular weight is 727 g/mol. The molecule has 2 aromatic heterocycles. The van der Waals surface area contributed by atoms with Gasteiger partial charge in [0.05, 0.1) is 11.3 Å². The van der Waals surface area contributed by atoms with Crippen LogP contribution in [0.3, 0.4) is 0 Å². The number of fused-ring (bicyclic) bond motifs is 1. The molecule has 52 heavy (non-hydrogen) atoms. The Hall–Kier alpha value is -4.20. The van der Waals surface area contributed by atoms with Gasteiger partial charge in [-0.25, -0.2) is 4.79 Å². The topological polar surface area (TPSA) is 173 Å². The first kappa shape index (κ1) is 42.2. The number of hydrogen-bond donors (Lipinski definition) is 6. The van der Waals surface area contributed by atoms with Crippen LogP contribution in [0.2, 0.25) is 0 Å². The maximum absolute atomic E-state index is 13.0. The fourth-order valence-electron chi connectivity index (χ4n) is 5.59. The van der Waals surface area contributed by atoms with Gasteiger partial charge in [-0.1, -0.05) is 59.7 Å². The number of halogens is 3. The summed E-state index contributed by atoms with van der Waals surface area (Å²) in [6.45, 7) is 15.3. The third-order valence-electron chi connectivity index (χ3n) is 8.64.